The highest BCUT2D eigenvalue weighted by molar-refractivity contribution is 7.15. The summed E-state index contributed by atoms with van der Waals surface area (Å²) >= 11 is 3.23. The average molecular weight is 400 g/mol. The van der Waals surface area contributed by atoms with Crippen molar-refractivity contribution in [1.82, 2.24) is 10.3 Å². The Labute approximate surface area is 166 Å². The average Bonchev–Trinajstić information content (AvgIpc) is 3.39. The molecule has 0 spiro atoms. The van der Waals surface area contributed by atoms with E-state index in [1.54, 1.807) is 34.8 Å². The van der Waals surface area contributed by atoms with Gasteiger partial charge in [-0.1, -0.05) is 12.1 Å². The van der Waals surface area contributed by atoms with E-state index in [0.717, 1.165) is 30.8 Å². The minimum Gasteiger partial charge on any atom is -0.488 e. The SMILES string of the molecule is O=C(Nc1ncc(C2CCNCC2)s1)c1cccc(OCc2cccs2)c1. The molecule has 1 fully saturated rings. The molecule has 140 valence electrons. The molecule has 7 heteroatoms. The van der Waals surface area contributed by atoms with Crippen LogP contribution in [0, 0.1) is 0 Å². The van der Waals surface area contributed by atoms with Crippen LogP contribution in [0.25, 0.3) is 0 Å². The van der Waals surface area contributed by atoms with Crippen LogP contribution in [0.15, 0.2) is 48.0 Å². The Hall–Kier alpha value is -2.22. The summed E-state index contributed by atoms with van der Waals surface area (Å²) in [7, 11) is 0. The monoisotopic (exact) mass is 399 g/mol. The van der Waals surface area contributed by atoms with Gasteiger partial charge >= 0.3 is 0 Å². The first-order chi connectivity index (χ1) is 13.3. The summed E-state index contributed by atoms with van der Waals surface area (Å²) in [4.78, 5) is 19.4. The Balaban J connectivity index is 1.38. The maximum Gasteiger partial charge on any atom is 0.257 e. The second-order valence-electron chi connectivity index (χ2n) is 6.44. The van der Waals surface area contributed by atoms with Gasteiger partial charge in [0, 0.05) is 21.5 Å². The van der Waals surface area contributed by atoms with Crippen molar-refractivity contribution in [2.75, 3.05) is 18.4 Å². The fourth-order valence-electron chi connectivity index (χ4n) is 3.09. The summed E-state index contributed by atoms with van der Waals surface area (Å²) in [5, 5.41) is 8.96. The minimum atomic E-state index is -0.164. The van der Waals surface area contributed by atoms with E-state index in [2.05, 4.69) is 15.6 Å². The van der Waals surface area contributed by atoms with Crippen molar-refractivity contribution >= 4 is 33.7 Å². The number of hydrogen-bond acceptors (Lipinski definition) is 6. The fraction of sp³-hybridized carbons (Fsp3) is 0.300. The van der Waals surface area contributed by atoms with Gasteiger partial charge in [-0.25, -0.2) is 4.98 Å². The summed E-state index contributed by atoms with van der Waals surface area (Å²) < 4.78 is 5.79. The van der Waals surface area contributed by atoms with Crippen molar-refractivity contribution in [2.24, 2.45) is 0 Å². The van der Waals surface area contributed by atoms with E-state index in [1.165, 1.54) is 4.88 Å². The van der Waals surface area contributed by atoms with Crippen molar-refractivity contribution in [3.63, 3.8) is 0 Å². The molecule has 0 saturated carbocycles. The topological polar surface area (TPSA) is 63.2 Å². The molecule has 4 rings (SSSR count). The number of ether oxygens (including phenoxy) is 1. The number of piperidine rings is 1. The highest BCUT2D eigenvalue weighted by Crippen LogP contribution is 2.31. The smallest absolute Gasteiger partial charge is 0.257 e. The lowest BCUT2D eigenvalue weighted by Crippen LogP contribution is -2.26. The number of thiophene rings is 1. The van der Waals surface area contributed by atoms with Crippen LogP contribution >= 0.6 is 22.7 Å². The number of amides is 1. The molecule has 0 aliphatic carbocycles. The van der Waals surface area contributed by atoms with Gasteiger partial charge in [-0.05, 0) is 61.5 Å². The van der Waals surface area contributed by atoms with Crippen LogP contribution in [-0.4, -0.2) is 24.0 Å². The molecule has 0 unspecified atom stereocenters. The van der Waals surface area contributed by atoms with Gasteiger partial charge < -0.3 is 10.1 Å². The third kappa shape index (κ3) is 4.74. The molecule has 1 aliphatic heterocycles. The molecule has 2 N–H and O–H groups in total. The fourth-order valence-corrected chi connectivity index (χ4v) is 4.68. The number of benzene rings is 1. The number of carbonyl (C=O) groups is 1. The Morgan fingerprint density at radius 3 is 2.96 bits per heavy atom. The summed E-state index contributed by atoms with van der Waals surface area (Å²) in [6, 6.07) is 11.3. The molecule has 0 bridgehead atoms. The third-order valence-electron chi connectivity index (χ3n) is 4.54. The van der Waals surface area contributed by atoms with Gasteiger partial charge in [0.2, 0.25) is 0 Å². The number of nitrogens with zero attached hydrogens (tertiary/aromatic N) is 1. The van der Waals surface area contributed by atoms with E-state index >= 15 is 0 Å². The van der Waals surface area contributed by atoms with Gasteiger partial charge in [0.05, 0.1) is 0 Å². The number of thiazole rings is 1. The molecule has 1 amide bonds. The van der Waals surface area contributed by atoms with Gasteiger partial charge in [0.15, 0.2) is 5.13 Å². The molecule has 0 atom stereocenters. The second kappa shape index (κ2) is 8.65. The number of anilines is 1. The van der Waals surface area contributed by atoms with Crippen LogP contribution in [0.3, 0.4) is 0 Å². The zero-order chi connectivity index (χ0) is 18.5. The van der Waals surface area contributed by atoms with E-state index in [-0.39, 0.29) is 5.91 Å². The Bertz CT molecular complexity index is 886. The third-order valence-corrected chi connectivity index (χ3v) is 6.47. The first-order valence-electron chi connectivity index (χ1n) is 9.01. The molecule has 3 aromatic rings. The number of hydrogen-bond donors (Lipinski definition) is 2. The second-order valence-corrected chi connectivity index (χ2v) is 8.54. The molecule has 27 heavy (non-hydrogen) atoms. The highest BCUT2D eigenvalue weighted by Gasteiger charge is 2.18. The molecule has 2 aromatic heterocycles. The predicted octanol–water partition coefficient (Wildman–Crippen LogP) is 4.50. The van der Waals surface area contributed by atoms with Crippen molar-refractivity contribution in [1.29, 1.82) is 0 Å². The number of rotatable bonds is 6. The molecular formula is C20H21N3O2S2. The van der Waals surface area contributed by atoms with E-state index in [1.807, 2.05) is 35.8 Å². The first-order valence-corrected chi connectivity index (χ1v) is 10.7. The first kappa shape index (κ1) is 18.2. The normalized spacial score (nSPS) is 14.8. The van der Waals surface area contributed by atoms with Gasteiger partial charge in [-0.3, -0.25) is 10.1 Å². The summed E-state index contributed by atoms with van der Waals surface area (Å²) in [5.41, 5.74) is 0.567. The van der Waals surface area contributed by atoms with Gasteiger partial charge in [0.1, 0.15) is 12.4 Å². The summed E-state index contributed by atoms with van der Waals surface area (Å²) in [6.45, 7) is 2.60. The molecule has 3 heterocycles. The Morgan fingerprint density at radius 2 is 2.15 bits per heavy atom. The summed E-state index contributed by atoms with van der Waals surface area (Å²) in [5.74, 6) is 1.07. The van der Waals surface area contributed by atoms with Crippen LogP contribution in [0.4, 0.5) is 5.13 Å². The van der Waals surface area contributed by atoms with Crippen LogP contribution in [0.5, 0.6) is 5.75 Å². The lowest BCUT2D eigenvalue weighted by molar-refractivity contribution is 0.102. The van der Waals surface area contributed by atoms with Crippen LogP contribution < -0.4 is 15.4 Å². The van der Waals surface area contributed by atoms with E-state index < -0.39 is 0 Å². The molecule has 1 aromatic carbocycles. The molecule has 1 aliphatic rings. The van der Waals surface area contributed by atoms with Crippen molar-refractivity contribution < 1.29 is 9.53 Å². The largest absolute Gasteiger partial charge is 0.488 e. The van der Waals surface area contributed by atoms with Crippen molar-refractivity contribution in [3.05, 3.63) is 63.3 Å². The molecule has 0 radical (unpaired) electrons. The quantitative estimate of drug-likeness (QED) is 0.640. The molecule has 5 nitrogen and oxygen atoms in total. The Morgan fingerprint density at radius 1 is 1.26 bits per heavy atom. The highest BCUT2D eigenvalue weighted by atomic mass is 32.1. The molecule has 1 saturated heterocycles. The lowest BCUT2D eigenvalue weighted by atomic mass is 9.97. The zero-order valence-electron chi connectivity index (χ0n) is 14.8. The zero-order valence-corrected chi connectivity index (χ0v) is 16.4. The summed E-state index contributed by atoms with van der Waals surface area (Å²) in [6.07, 6.45) is 4.15. The maximum atomic E-state index is 12.6. The lowest BCUT2D eigenvalue weighted by Gasteiger charge is -2.20. The predicted molar refractivity (Wildman–Crippen MR) is 110 cm³/mol. The molecular weight excluding hydrogens is 378 g/mol. The van der Waals surface area contributed by atoms with E-state index in [4.69, 9.17) is 4.74 Å². The van der Waals surface area contributed by atoms with E-state index in [0.29, 0.717) is 29.0 Å². The number of nitrogens with one attached hydrogen (secondary N) is 2. The van der Waals surface area contributed by atoms with Crippen molar-refractivity contribution in [2.45, 2.75) is 25.4 Å². The van der Waals surface area contributed by atoms with Gasteiger partial charge in [-0.15, -0.1) is 22.7 Å². The maximum absolute atomic E-state index is 12.6. The van der Waals surface area contributed by atoms with Crippen LogP contribution in [0.1, 0.15) is 38.9 Å². The van der Waals surface area contributed by atoms with Crippen LogP contribution in [-0.2, 0) is 6.61 Å². The van der Waals surface area contributed by atoms with Gasteiger partial charge in [0.25, 0.3) is 5.91 Å². The van der Waals surface area contributed by atoms with Gasteiger partial charge in [-0.2, -0.15) is 0 Å². The Kier molecular flexibility index (Phi) is 5.81. The van der Waals surface area contributed by atoms with Crippen LogP contribution in [0.2, 0.25) is 0 Å². The minimum absolute atomic E-state index is 0.164. The standard InChI is InChI=1S/C20H21N3O2S2/c24-19(23-20-22-12-18(27-20)14-6-8-21-9-7-14)15-3-1-4-16(11-15)25-13-17-5-2-10-26-17/h1-5,10-12,14,21H,6-9,13H2,(H,22,23,24). The number of carbonyl (C=O) groups excluding carboxylic acids is 1. The van der Waals surface area contributed by atoms with E-state index in [9.17, 15) is 4.79 Å². The van der Waals surface area contributed by atoms with Crippen molar-refractivity contribution in [3.8, 4) is 5.75 Å². The number of aromatic nitrogens is 1.